The van der Waals surface area contributed by atoms with Crippen LogP contribution in [0.3, 0.4) is 0 Å². The molecule has 2 aromatic heterocycles. The number of aromatic nitrogens is 2. The van der Waals surface area contributed by atoms with Crippen molar-refractivity contribution in [3.63, 3.8) is 0 Å². The molecule has 2 fully saturated rings. The zero-order valence-corrected chi connectivity index (χ0v) is 13.5. The van der Waals surface area contributed by atoms with Crippen molar-refractivity contribution in [2.45, 2.75) is 25.3 Å². The number of carbonyl (C=O) groups excluding carboxylic acids is 2. The van der Waals surface area contributed by atoms with Gasteiger partial charge in [0.2, 0.25) is 5.91 Å². The van der Waals surface area contributed by atoms with Gasteiger partial charge in [0, 0.05) is 38.6 Å². The lowest BCUT2D eigenvalue weighted by Crippen LogP contribution is -2.51. The van der Waals surface area contributed by atoms with E-state index in [0.29, 0.717) is 19.5 Å². The van der Waals surface area contributed by atoms with E-state index in [0.717, 1.165) is 37.3 Å². The number of amides is 3. The summed E-state index contributed by atoms with van der Waals surface area (Å²) in [5.41, 5.74) is 1.64. The Morgan fingerprint density at radius 3 is 3.04 bits per heavy atom. The second kappa shape index (κ2) is 6.14. The predicted octanol–water partition coefficient (Wildman–Crippen LogP) is 0.893. The molecule has 4 rings (SSSR count). The summed E-state index contributed by atoms with van der Waals surface area (Å²) in [6.07, 6.45) is 6.04. The van der Waals surface area contributed by atoms with E-state index in [1.165, 1.54) is 0 Å². The Balaban J connectivity index is 1.42. The average Bonchev–Trinajstić information content (AvgIpc) is 3.20. The number of rotatable bonds is 3. The fraction of sp³-hybridized carbons (Fsp3) is 0.471. The lowest BCUT2D eigenvalue weighted by atomic mass is 10.0. The van der Waals surface area contributed by atoms with Gasteiger partial charge in [0.15, 0.2) is 0 Å². The van der Waals surface area contributed by atoms with E-state index in [9.17, 15) is 9.59 Å². The maximum absolute atomic E-state index is 12.6. The number of likely N-dealkylation sites (tertiary alicyclic amines) is 1. The zero-order valence-electron chi connectivity index (χ0n) is 13.5. The summed E-state index contributed by atoms with van der Waals surface area (Å²) in [6.45, 7) is 2.82. The molecular weight excluding hydrogens is 306 g/mol. The SMILES string of the molecule is O=C(Cc1cn2ccccc2n1)N1CCCC(N2CCNC2=O)C1. The van der Waals surface area contributed by atoms with Gasteiger partial charge >= 0.3 is 6.03 Å². The van der Waals surface area contributed by atoms with Crippen LogP contribution in [-0.4, -0.2) is 63.3 Å². The van der Waals surface area contributed by atoms with Gasteiger partial charge in [-0.2, -0.15) is 0 Å². The molecule has 1 atom stereocenters. The van der Waals surface area contributed by atoms with Gasteiger partial charge in [0.1, 0.15) is 5.65 Å². The van der Waals surface area contributed by atoms with Gasteiger partial charge in [0.05, 0.1) is 18.2 Å². The molecule has 1 unspecified atom stereocenters. The first kappa shape index (κ1) is 15.0. The van der Waals surface area contributed by atoms with Crippen LogP contribution in [0.15, 0.2) is 30.6 Å². The number of hydrogen-bond acceptors (Lipinski definition) is 3. The first-order chi connectivity index (χ1) is 11.7. The Kier molecular flexibility index (Phi) is 3.84. The van der Waals surface area contributed by atoms with Crippen LogP contribution >= 0.6 is 0 Å². The third kappa shape index (κ3) is 2.81. The highest BCUT2D eigenvalue weighted by Gasteiger charge is 2.32. The first-order valence-corrected chi connectivity index (χ1v) is 8.45. The van der Waals surface area contributed by atoms with E-state index in [1.807, 2.05) is 44.8 Å². The van der Waals surface area contributed by atoms with Crippen LogP contribution in [0.4, 0.5) is 4.79 Å². The van der Waals surface area contributed by atoms with E-state index in [2.05, 4.69) is 10.3 Å². The summed E-state index contributed by atoms with van der Waals surface area (Å²) in [4.78, 5) is 32.7. The van der Waals surface area contributed by atoms with Crippen LogP contribution in [0.25, 0.3) is 5.65 Å². The monoisotopic (exact) mass is 327 g/mol. The topological polar surface area (TPSA) is 70.0 Å². The van der Waals surface area contributed by atoms with E-state index in [-0.39, 0.29) is 18.0 Å². The number of piperidine rings is 1. The van der Waals surface area contributed by atoms with Crippen LogP contribution in [0.5, 0.6) is 0 Å². The molecule has 2 aliphatic rings. The molecule has 7 heteroatoms. The minimum absolute atomic E-state index is 0.00495. The Labute approximate surface area is 140 Å². The quantitative estimate of drug-likeness (QED) is 0.910. The van der Waals surface area contributed by atoms with Crippen LogP contribution in [0, 0.1) is 0 Å². The van der Waals surface area contributed by atoms with E-state index < -0.39 is 0 Å². The second-order valence-corrected chi connectivity index (χ2v) is 6.44. The summed E-state index contributed by atoms with van der Waals surface area (Å²) < 4.78 is 1.93. The number of carbonyl (C=O) groups is 2. The number of pyridine rings is 1. The van der Waals surface area contributed by atoms with Crippen molar-refractivity contribution in [3.8, 4) is 0 Å². The van der Waals surface area contributed by atoms with Crippen molar-refractivity contribution in [2.24, 2.45) is 0 Å². The molecule has 7 nitrogen and oxygen atoms in total. The molecule has 1 N–H and O–H groups in total. The Hall–Kier alpha value is -2.57. The molecule has 0 aliphatic carbocycles. The van der Waals surface area contributed by atoms with E-state index in [4.69, 9.17) is 0 Å². The summed E-state index contributed by atoms with van der Waals surface area (Å²) >= 11 is 0. The number of imidazole rings is 1. The van der Waals surface area contributed by atoms with E-state index >= 15 is 0 Å². The smallest absolute Gasteiger partial charge is 0.317 e. The number of nitrogens with zero attached hydrogens (tertiary/aromatic N) is 4. The second-order valence-electron chi connectivity index (χ2n) is 6.44. The molecule has 0 bridgehead atoms. The van der Waals surface area contributed by atoms with Crippen LogP contribution in [-0.2, 0) is 11.2 Å². The van der Waals surface area contributed by atoms with Crippen molar-refractivity contribution in [3.05, 3.63) is 36.3 Å². The van der Waals surface area contributed by atoms with Gasteiger partial charge in [-0.05, 0) is 25.0 Å². The minimum Gasteiger partial charge on any atom is -0.340 e. The van der Waals surface area contributed by atoms with Gasteiger partial charge in [-0.3, -0.25) is 4.79 Å². The molecule has 0 aromatic carbocycles. The molecule has 0 radical (unpaired) electrons. The molecular formula is C17H21N5O2. The van der Waals surface area contributed by atoms with E-state index in [1.54, 1.807) is 0 Å². The Morgan fingerprint density at radius 2 is 2.25 bits per heavy atom. The number of fused-ring (bicyclic) bond motifs is 1. The molecule has 2 saturated heterocycles. The molecule has 24 heavy (non-hydrogen) atoms. The minimum atomic E-state index is -0.00495. The average molecular weight is 327 g/mol. The van der Waals surface area contributed by atoms with Crippen molar-refractivity contribution >= 4 is 17.6 Å². The summed E-state index contributed by atoms with van der Waals surface area (Å²) in [6, 6.07) is 5.93. The zero-order chi connectivity index (χ0) is 16.5. The molecule has 2 aliphatic heterocycles. The molecule has 3 amide bonds. The third-order valence-corrected chi connectivity index (χ3v) is 4.83. The van der Waals surface area contributed by atoms with Crippen molar-refractivity contribution in [1.29, 1.82) is 0 Å². The molecule has 2 aromatic rings. The highest BCUT2D eigenvalue weighted by Crippen LogP contribution is 2.18. The fourth-order valence-corrected chi connectivity index (χ4v) is 3.61. The number of hydrogen-bond donors (Lipinski definition) is 1. The van der Waals surface area contributed by atoms with Crippen molar-refractivity contribution in [1.82, 2.24) is 24.5 Å². The summed E-state index contributed by atoms with van der Waals surface area (Å²) in [5, 5.41) is 2.84. The highest BCUT2D eigenvalue weighted by atomic mass is 16.2. The fourth-order valence-electron chi connectivity index (χ4n) is 3.61. The molecule has 4 heterocycles. The van der Waals surface area contributed by atoms with Crippen LogP contribution in [0.1, 0.15) is 18.5 Å². The largest absolute Gasteiger partial charge is 0.340 e. The normalized spacial score (nSPS) is 21.3. The van der Waals surface area contributed by atoms with Crippen LogP contribution in [0.2, 0.25) is 0 Å². The Bertz CT molecular complexity index is 738. The third-order valence-electron chi connectivity index (χ3n) is 4.83. The van der Waals surface area contributed by atoms with Crippen molar-refractivity contribution in [2.75, 3.05) is 26.2 Å². The molecule has 0 spiro atoms. The predicted molar refractivity (Wildman–Crippen MR) is 88.6 cm³/mol. The van der Waals surface area contributed by atoms with Gasteiger partial charge in [-0.1, -0.05) is 6.07 Å². The summed E-state index contributed by atoms with van der Waals surface area (Å²) in [5.74, 6) is 0.0858. The van der Waals surface area contributed by atoms with Crippen LogP contribution < -0.4 is 5.32 Å². The highest BCUT2D eigenvalue weighted by molar-refractivity contribution is 5.79. The molecule has 126 valence electrons. The van der Waals surface area contributed by atoms with Gasteiger partial charge in [-0.25, -0.2) is 9.78 Å². The van der Waals surface area contributed by atoms with Crippen molar-refractivity contribution < 1.29 is 9.59 Å². The first-order valence-electron chi connectivity index (χ1n) is 8.45. The van der Waals surface area contributed by atoms with Gasteiger partial charge < -0.3 is 19.5 Å². The summed E-state index contributed by atoms with van der Waals surface area (Å²) in [7, 11) is 0. The van der Waals surface area contributed by atoms with Gasteiger partial charge in [0.25, 0.3) is 0 Å². The lowest BCUT2D eigenvalue weighted by molar-refractivity contribution is -0.132. The number of urea groups is 1. The maximum Gasteiger partial charge on any atom is 0.317 e. The maximum atomic E-state index is 12.6. The molecule has 0 saturated carbocycles. The number of nitrogens with one attached hydrogen (secondary N) is 1. The Morgan fingerprint density at radius 1 is 1.33 bits per heavy atom. The standard InChI is InChI=1S/C17H21N5O2/c23-16(10-13-11-20-7-2-1-5-15(20)19-13)21-8-3-4-14(12-21)22-9-6-18-17(22)24/h1-2,5,7,11,14H,3-4,6,8-10,12H2,(H,18,24). The van der Waals surface area contributed by atoms with Gasteiger partial charge in [-0.15, -0.1) is 0 Å². The lowest BCUT2D eigenvalue weighted by Gasteiger charge is -2.37.